The van der Waals surface area contributed by atoms with Gasteiger partial charge in [0.05, 0.1) is 0 Å². The van der Waals surface area contributed by atoms with E-state index in [-0.39, 0.29) is 5.82 Å². The Kier molecular flexibility index (Phi) is 4.52. The van der Waals surface area contributed by atoms with E-state index in [1.807, 2.05) is 0 Å². The lowest BCUT2D eigenvalue weighted by molar-refractivity contribution is 0.0580. The van der Waals surface area contributed by atoms with E-state index >= 15 is 0 Å². The lowest BCUT2D eigenvalue weighted by Gasteiger charge is -2.24. The van der Waals surface area contributed by atoms with Gasteiger partial charge in [-0.25, -0.2) is 14.6 Å². The van der Waals surface area contributed by atoms with Crippen LogP contribution in [0.15, 0.2) is 16.7 Å². The van der Waals surface area contributed by atoms with Crippen LogP contribution in [0.25, 0.3) is 0 Å². The summed E-state index contributed by atoms with van der Waals surface area (Å²) in [6, 6.07) is 1.67. The topological polar surface area (TPSA) is 79.7 Å². The lowest BCUT2D eigenvalue weighted by Crippen LogP contribution is -2.41. The van der Waals surface area contributed by atoms with Gasteiger partial charge in [0.2, 0.25) is 0 Å². The highest BCUT2D eigenvalue weighted by molar-refractivity contribution is 9.10. The molecule has 0 aliphatic rings. The van der Waals surface area contributed by atoms with Gasteiger partial charge in [-0.05, 0) is 55.3 Å². The third-order valence-corrected chi connectivity index (χ3v) is 2.43. The number of amides is 2. The van der Waals surface area contributed by atoms with Gasteiger partial charge in [0.15, 0.2) is 5.82 Å². The Morgan fingerprint density at radius 1 is 1.42 bits per heavy atom. The first-order valence-corrected chi connectivity index (χ1v) is 6.29. The van der Waals surface area contributed by atoms with Gasteiger partial charge in [-0.2, -0.15) is 4.90 Å². The number of hydrogen-bond donors (Lipinski definition) is 1. The molecule has 0 aliphatic carbocycles. The number of ether oxygens (including phenoxy) is 1. The largest absolute Gasteiger partial charge is 0.464 e. The quantitative estimate of drug-likeness (QED) is 0.851. The summed E-state index contributed by atoms with van der Waals surface area (Å²) < 4.78 is 5.75. The molecule has 0 fully saturated rings. The van der Waals surface area contributed by atoms with Crippen LogP contribution in [-0.2, 0) is 4.74 Å². The third kappa shape index (κ3) is 4.20. The smallest absolute Gasteiger partial charge is 0.425 e. The fourth-order valence-corrected chi connectivity index (χ4v) is 1.78. The molecule has 19 heavy (non-hydrogen) atoms. The number of carbonyl (C=O) groups is 2. The summed E-state index contributed by atoms with van der Waals surface area (Å²) in [5.41, 5.74) is -0.240. The van der Waals surface area contributed by atoms with E-state index in [9.17, 15) is 9.59 Å². The normalized spacial score (nSPS) is 11.0. The van der Waals surface area contributed by atoms with Crippen LogP contribution in [-0.4, -0.2) is 27.9 Å². The van der Waals surface area contributed by atoms with Crippen molar-refractivity contribution < 1.29 is 19.4 Å². The van der Waals surface area contributed by atoms with Crippen LogP contribution in [0.4, 0.5) is 15.4 Å². The van der Waals surface area contributed by atoms with E-state index in [0.717, 1.165) is 0 Å². The number of pyridine rings is 1. The fourth-order valence-electron chi connectivity index (χ4n) is 1.33. The molecule has 0 atom stereocenters. The summed E-state index contributed by atoms with van der Waals surface area (Å²) in [6.45, 7) is 6.64. The molecule has 7 heteroatoms. The molecule has 0 aliphatic heterocycles. The van der Waals surface area contributed by atoms with Gasteiger partial charge in [0, 0.05) is 10.7 Å². The molecular formula is C12H15BrN2O4. The molecule has 0 bridgehead atoms. The molecule has 0 saturated carbocycles. The minimum Gasteiger partial charge on any atom is -0.464 e. The highest BCUT2D eigenvalue weighted by Crippen LogP contribution is 2.22. The zero-order valence-electron chi connectivity index (χ0n) is 11.1. The Morgan fingerprint density at radius 2 is 2.00 bits per heavy atom. The Morgan fingerprint density at radius 3 is 2.42 bits per heavy atom. The SMILES string of the molecule is Cc1cc(Br)cnc1N(C(=O)O)C(=O)OC(C)(C)C. The van der Waals surface area contributed by atoms with Crippen LogP contribution >= 0.6 is 15.9 Å². The van der Waals surface area contributed by atoms with E-state index < -0.39 is 17.8 Å². The molecule has 104 valence electrons. The number of rotatable bonds is 1. The van der Waals surface area contributed by atoms with Gasteiger partial charge in [0.25, 0.3) is 0 Å². The number of carboxylic acid groups (broad SMARTS) is 1. The van der Waals surface area contributed by atoms with Crippen molar-refractivity contribution in [2.75, 3.05) is 4.90 Å². The average molecular weight is 331 g/mol. The van der Waals surface area contributed by atoms with Crippen LogP contribution in [0, 0.1) is 6.92 Å². The number of aromatic nitrogens is 1. The van der Waals surface area contributed by atoms with Crippen LogP contribution < -0.4 is 4.90 Å². The molecule has 1 aromatic heterocycles. The fraction of sp³-hybridized carbons (Fsp3) is 0.417. The number of nitrogens with zero attached hydrogens (tertiary/aromatic N) is 2. The van der Waals surface area contributed by atoms with Gasteiger partial charge < -0.3 is 9.84 Å². The van der Waals surface area contributed by atoms with Crippen molar-refractivity contribution in [3.05, 3.63) is 22.3 Å². The first-order valence-electron chi connectivity index (χ1n) is 5.50. The molecular weight excluding hydrogens is 316 g/mol. The number of hydrogen-bond acceptors (Lipinski definition) is 4. The molecule has 1 rings (SSSR count). The third-order valence-electron chi connectivity index (χ3n) is 2.00. The van der Waals surface area contributed by atoms with Crippen molar-refractivity contribution >= 4 is 33.9 Å². The highest BCUT2D eigenvalue weighted by Gasteiger charge is 2.30. The Balaban J connectivity index is 3.14. The van der Waals surface area contributed by atoms with Gasteiger partial charge in [-0.3, -0.25) is 0 Å². The molecule has 0 radical (unpaired) electrons. The molecule has 0 spiro atoms. The summed E-state index contributed by atoms with van der Waals surface area (Å²) in [6.07, 6.45) is -0.993. The average Bonchev–Trinajstić information content (AvgIpc) is 2.18. The van der Waals surface area contributed by atoms with Crippen molar-refractivity contribution in [1.29, 1.82) is 0 Å². The second-order valence-electron chi connectivity index (χ2n) is 4.89. The zero-order valence-corrected chi connectivity index (χ0v) is 12.7. The number of aryl methyl sites for hydroxylation is 1. The molecule has 0 saturated heterocycles. The standard InChI is InChI=1S/C12H15BrN2O4/c1-7-5-8(13)6-14-9(7)15(10(16)17)11(18)19-12(2,3)4/h5-6H,1-4H3,(H,16,17). The summed E-state index contributed by atoms with van der Waals surface area (Å²) in [5.74, 6) is 0.0324. The number of anilines is 1. The van der Waals surface area contributed by atoms with Crippen LogP contribution in [0.2, 0.25) is 0 Å². The highest BCUT2D eigenvalue weighted by atomic mass is 79.9. The Labute approximate surface area is 119 Å². The monoisotopic (exact) mass is 330 g/mol. The molecule has 1 N–H and O–H groups in total. The second kappa shape index (κ2) is 5.56. The van der Waals surface area contributed by atoms with Crippen LogP contribution in [0.1, 0.15) is 26.3 Å². The number of halogens is 1. The van der Waals surface area contributed by atoms with Crippen molar-refractivity contribution in [2.24, 2.45) is 0 Å². The molecule has 2 amide bonds. The summed E-state index contributed by atoms with van der Waals surface area (Å²) in [5, 5.41) is 9.16. The molecule has 0 unspecified atom stereocenters. The first-order chi connectivity index (χ1) is 8.61. The van der Waals surface area contributed by atoms with E-state index in [4.69, 9.17) is 9.84 Å². The van der Waals surface area contributed by atoms with Crippen LogP contribution in [0.5, 0.6) is 0 Å². The first kappa shape index (κ1) is 15.4. The maximum atomic E-state index is 11.9. The van der Waals surface area contributed by atoms with Crippen molar-refractivity contribution in [3.8, 4) is 0 Å². The maximum absolute atomic E-state index is 11.9. The van der Waals surface area contributed by atoms with Crippen LogP contribution in [0.3, 0.4) is 0 Å². The van der Waals surface area contributed by atoms with Gasteiger partial charge in [-0.15, -0.1) is 0 Å². The van der Waals surface area contributed by atoms with E-state index in [1.54, 1.807) is 33.8 Å². The predicted octanol–water partition coefficient (Wildman–Crippen LogP) is 3.57. The van der Waals surface area contributed by atoms with Gasteiger partial charge in [0.1, 0.15) is 5.60 Å². The number of imide groups is 1. The van der Waals surface area contributed by atoms with E-state index in [2.05, 4.69) is 20.9 Å². The Hall–Kier alpha value is -1.63. The zero-order chi connectivity index (χ0) is 14.8. The number of carbonyl (C=O) groups excluding carboxylic acids is 1. The second-order valence-corrected chi connectivity index (χ2v) is 5.81. The minimum absolute atomic E-state index is 0.0324. The molecule has 1 aromatic rings. The van der Waals surface area contributed by atoms with E-state index in [1.165, 1.54) is 6.20 Å². The van der Waals surface area contributed by atoms with Crippen molar-refractivity contribution in [1.82, 2.24) is 4.98 Å². The van der Waals surface area contributed by atoms with Gasteiger partial charge in [-0.1, -0.05) is 0 Å². The Bertz CT molecular complexity index is 511. The lowest BCUT2D eigenvalue weighted by atomic mass is 10.2. The summed E-state index contributed by atoms with van der Waals surface area (Å²) >= 11 is 3.22. The molecule has 0 aromatic carbocycles. The summed E-state index contributed by atoms with van der Waals surface area (Å²) in [7, 11) is 0. The molecule has 1 heterocycles. The van der Waals surface area contributed by atoms with Crippen molar-refractivity contribution in [3.63, 3.8) is 0 Å². The maximum Gasteiger partial charge on any atom is 0.425 e. The minimum atomic E-state index is -1.44. The summed E-state index contributed by atoms with van der Waals surface area (Å²) in [4.78, 5) is 27.6. The predicted molar refractivity (Wildman–Crippen MR) is 73.4 cm³/mol. The van der Waals surface area contributed by atoms with E-state index in [0.29, 0.717) is 14.9 Å². The molecule has 6 nitrogen and oxygen atoms in total. The van der Waals surface area contributed by atoms with Gasteiger partial charge >= 0.3 is 12.2 Å². The van der Waals surface area contributed by atoms with Crippen molar-refractivity contribution in [2.45, 2.75) is 33.3 Å².